The lowest BCUT2D eigenvalue weighted by atomic mass is 10.1. The van der Waals surface area contributed by atoms with Gasteiger partial charge in [0.15, 0.2) is 0 Å². The summed E-state index contributed by atoms with van der Waals surface area (Å²) >= 11 is 5.82. The molecule has 0 fully saturated rings. The molecule has 0 saturated carbocycles. The van der Waals surface area contributed by atoms with Crippen LogP contribution in [0.3, 0.4) is 0 Å². The smallest absolute Gasteiger partial charge is 0.308 e. The van der Waals surface area contributed by atoms with Crippen LogP contribution in [0.5, 0.6) is 0 Å². The van der Waals surface area contributed by atoms with Crippen LogP contribution in [0.2, 0.25) is 5.02 Å². The summed E-state index contributed by atoms with van der Waals surface area (Å²) in [4.78, 5) is 11.2. The van der Waals surface area contributed by atoms with Crippen LogP contribution in [-0.2, 0) is 9.53 Å². The Balaban J connectivity index is 2.35. The second-order valence-corrected chi connectivity index (χ2v) is 4.78. The molecule has 1 aromatic carbocycles. The molecule has 1 aromatic rings. The van der Waals surface area contributed by atoms with Gasteiger partial charge in [0.25, 0.3) is 0 Å². The highest BCUT2D eigenvalue weighted by atomic mass is 35.5. The lowest BCUT2D eigenvalue weighted by Crippen LogP contribution is -2.31. The first-order valence-electron chi connectivity index (χ1n) is 6.35. The van der Waals surface area contributed by atoms with Crippen LogP contribution in [0.4, 0.5) is 0 Å². The normalized spacial score (nSPS) is 13.9. The molecule has 0 saturated heterocycles. The van der Waals surface area contributed by atoms with Crippen LogP contribution in [0, 0.1) is 0 Å². The van der Waals surface area contributed by atoms with Gasteiger partial charge in [0.2, 0.25) is 0 Å². The van der Waals surface area contributed by atoms with Gasteiger partial charge in [0.1, 0.15) is 0 Å². The summed E-state index contributed by atoms with van der Waals surface area (Å²) in [7, 11) is 0. The molecular weight excluding hydrogens is 266 g/mol. The van der Waals surface area contributed by atoms with Gasteiger partial charge in [-0.3, -0.25) is 4.79 Å². The van der Waals surface area contributed by atoms with Gasteiger partial charge >= 0.3 is 5.97 Å². The van der Waals surface area contributed by atoms with Crippen molar-refractivity contribution >= 4 is 17.6 Å². The van der Waals surface area contributed by atoms with Crippen molar-refractivity contribution in [1.82, 2.24) is 5.32 Å². The van der Waals surface area contributed by atoms with E-state index in [0.717, 1.165) is 5.56 Å². The minimum Gasteiger partial charge on any atom is -0.466 e. The third-order valence-electron chi connectivity index (χ3n) is 2.74. The van der Waals surface area contributed by atoms with Crippen molar-refractivity contribution in [3.8, 4) is 0 Å². The number of benzene rings is 1. The molecule has 106 valence electrons. The minimum atomic E-state index is -0.742. The van der Waals surface area contributed by atoms with E-state index in [-0.39, 0.29) is 18.4 Å². The van der Waals surface area contributed by atoms with Gasteiger partial charge < -0.3 is 15.2 Å². The standard InChI is InChI=1S/C14H20ClNO3/c1-3-19-14(18)8-13(17)9-16-10(2)11-4-6-12(15)7-5-11/h4-7,10,13,16-17H,3,8-9H2,1-2H3. The Kier molecular flexibility index (Phi) is 6.84. The first-order valence-corrected chi connectivity index (χ1v) is 6.73. The maximum Gasteiger partial charge on any atom is 0.308 e. The van der Waals surface area contributed by atoms with E-state index in [1.807, 2.05) is 31.2 Å². The fourth-order valence-electron chi connectivity index (χ4n) is 1.67. The van der Waals surface area contributed by atoms with Crippen LogP contribution >= 0.6 is 11.6 Å². The van der Waals surface area contributed by atoms with Gasteiger partial charge in [-0.15, -0.1) is 0 Å². The number of hydrogen-bond acceptors (Lipinski definition) is 4. The monoisotopic (exact) mass is 285 g/mol. The molecule has 2 N–H and O–H groups in total. The summed E-state index contributed by atoms with van der Waals surface area (Å²) in [6.45, 7) is 4.40. The highest BCUT2D eigenvalue weighted by Crippen LogP contribution is 2.15. The van der Waals surface area contributed by atoms with Gasteiger partial charge in [-0.1, -0.05) is 23.7 Å². The molecule has 0 aliphatic rings. The van der Waals surface area contributed by atoms with Crippen LogP contribution in [0.25, 0.3) is 0 Å². The van der Waals surface area contributed by atoms with E-state index in [0.29, 0.717) is 18.2 Å². The number of carbonyl (C=O) groups is 1. The lowest BCUT2D eigenvalue weighted by molar-refractivity contribution is -0.145. The highest BCUT2D eigenvalue weighted by molar-refractivity contribution is 6.30. The largest absolute Gasteiger partial charge is 0.466 e. The van der Waals surface area contributed by atoms with E-state index in [4.69, 9.17) is 16.3 Å². The van der Waals surface area contributed by atoms with E-state index < -0.39 is 6.10 Å². The van der Waals surface area contributed by atoms with E-state index >= 15 is 0 Å². The molecule has 19 heavy (non-hydrogen) atoms. The van der Waals surface area contributed by atoms with Crippen LogP contribution in [0.15, 0.2) is 24.3 Å². The van der Waals surface area contributed by atoms with Crippen molar-refractivity contribution in [3.63, 3.8) is 0 Å². The Labute approximate surface area is 118 Å². The average molecular weight is 286 g/mol. The zero-order valence-corrected chi connectivity index (χ0v) is 12.0. The predicted octanol–water partition coefficient (Wildman–Crippen LogP) is 2.30. The maximum atomic E-state index is 11.2. The molecule has 5 heteroatoms. The first-order chi connectivity index (χ1) is 9.02. The van der Waals surface area contributed by atoms with Crippen molar-refractivity contribution < 1.29 is 14.6 Å². The molecule has 0 spiro atoms. The quantitative estimate of drug-likeness (QED) is 0.755. The number of esters is 1. The summed E-state index contributed by atoms with van der Waals surface area (Å²) in [5, 5.41) is 13.6. The van der Waals surface area contributed by atoms with Crippen LogP contribution in [0.1, 0.15) is 31.9 Å². The minimum absolute atomic E-state index is 0.00811. The van der Waals surface area contributed by atoms with Crippen molar-refractivity contribution in [2.45, 2.75) is 32.4 Å². The zero-order chi connectivity index (χ0) is 14.3. The zero-order valence-electron chi connectivity index (χ0n) is 11.2. The lowest BCUT2D eigenvalue weighted by Gasteiger charge is -2.17. The molecule has 0 aromatic heterocycles. The molecule has 0 heterocycles. The molecule has 4 nitrogen and oxygen atoms in total. The number of halogens is 1. The Morgan fingerprint density at radius 1 is 1.42 bits per heavy atom. The van der Waals surface area contributed by atoms with E-state index in [2.05, 4.69) is 5.32 Å². The van der Waals surface area contributed by atoms with Crippen molar-refractivity contribution in [2.24, 2.45) is 0 Å². The number of hydrogen-bond donors (Lipinski definition) is 2. The third kappa shape index (κ3) is 6.05. The molecular formula is C14H20ClNO3. The molecule has 0 bridgehead atoms. The SMILES string of the molecule is CCOC(=O)CC(O)CNC(C)c1ccc(Cl)cc1. The van der Waals surface area contributed by atoms with Gasteiger partial charge in [0.05, 0.1) is 19.1 Å². The summed E-state index contributed by atoms with van der Waals surface area (Å²) in [5.41, 5.74) is 1.08. The Hall–Kier alpha value is -1.10. The van der Waals surface area contributed by atoms with Crippen LogP contribution in [-0.4, -0.2) is 30.3 Å². The van der Waals surface area contributed by atoms with E-state index in [1.165, 1.54) is 0 Å². The molecule has 0 aliphatic heterocycles. The molecule has 0 radical (unpaired) electrons. The highest BCUT2D eigenvalue weighted by Gasteiger charge is 2.13. The number of carbonyl (C=O) groups excluding carboxylic acids is 1. The molecule has 2 unspecified atom stereocenters. The van der Waals surface area contributed by atoms with Gasteiger partial charge in [-0.05, 0) is 31.5 Å². The number of rotatable bonds is 7. The van der Waals surface area contributed by atoms with Crippen molar-refractivity contribution in [1.29, 1.82) is 0 Å². The molecule has 2 atom stereocenters. The van der Waals surface area contributed by atoms with Gasteiger partial charge in [-0.2, -0.15) is 0 Å². The van der Waals surface area contributed by atoms with E-state index in [1.54, 1.807) is 6.92 Å². The van der Waals surface area contributed by atoms with Crippen molar-refractivity contribution in [3.05, 3.63) is 34.9 Å². The second kappa shape index (κ2) is 8.15. The molecule has 1 rings (SSSR count). The summed E-state index contributed by atoms with van der Waals surface area (Å²) < 4.78 is 4.78. The second-order valence-electron chi connectivity index (χ2n) is 4.34. The molecule has 0 amide bonds. The molecule has 0 aliphatic carbocycles. The Morgan fingerprint density at radius 2 is 2.05 bits per heavy atom. The topological polar surface area (TPSA) is 58.6 Å². The average Bonchev–Trinajstić information content (AvgIpc) is 2.37. The third-order valence-corrected chi connectivity index (χ3v) is 2.99. The summed E-state index contributed by atoms with van der Waals surface area (Å²) in [5.74, 6) is -0.379. The fraction of sp³-hybridized carbons (Fsp3) is 0.500. The number of aliphatic hydroxyl groups is 1. The summed E-state index contributed by atoms with van der Waals surface area (Å²) in [6, 6.07) is 7.58. The Bertz CT molecular complexity index is 394. The fourth-order valence-corrected chi connectivity index (χ4v) is 1.79. The Morgan fingerprint density at radius 3 is 2.63 bits per heavy atom. The number of nitrogens with one attached hydrogen (secondary N) is 1. The maximum absolute atomic E-state index is 11.2. The number of aliphatic hydroxyl groups excluding tert-OH is 1. The van der Waals surface area contributed by atoms with Crippen LogP contribution < -0.4 is 5.32 Å². The first kappa shape index (κ1) is 16.0. The van der Waals surface area contributed by atoms with Gasteiger partial charge in [-0.25, -0.2) is 0 Å². The number of ether oxygens (including phenoxy) is 1. The summed E-state index contributed by atoms with van der Waals surface area (Å²) in [6.07, 6.45) is -0.734. The van der Waals surface area contributed by atoms with Gasteiger partial charge in [0, 0.05) is 17.6 Å². The predicted molar refractivity (Wildman–Crippen MR) is 75.1 cm³/mol. The van der Waals surface area contributed by atoms with Crippen molar-refractivity contribution in [2.75, 3.05) is 13.2 Å². The van der Waals surface area contributed by atoms with E-state index in [9.17, 15) is 9.90 Å².